The number of anilines is 1. The van der Waals surface area contributed by atoms with Crippen molar-refractivity contribution in [1.82, 2.24) is 5.43 Å². The van der Waals surface area contributed by atoms with Gasteiger partial charge in [0.2, 0.25) is 0 Å². The van der Waals surface area contributed by atoms with Crippen molar-refractivity contribution in [3.63, 3.8) is 0 Å². The summed E-state index contributed by atoms with van der Waals surface area (Å²) in [4.78, 5) is 23.5. The quantitative estimate of drug-likeness (QED) is 0.461. The molecular weight excluding hydrogens is 398 g/mol. The molecule has 2 rings (SSSR count). The number of hydrogen-bond acceptors (Lipinski definition) is 4. The SMILES string of the molecule is COc1ccc(NC(=O)C(=O)N/N=C\c2cccc(Br)c2)cc1Cl. The molecule has 24 heavy (non-hydrogen) atoms. The van der Waals surface area contributed by atoms with Crippen LogP contribution in [-0.4, -0.2) is 25.1 Å². The van der Waals surface area contributed by atoms with E-state index < -0.39 is 11.8 Å². The molecular formula is C16H13BrClN3O3. The highest BCUT2D eigenvalue weighted by atomic mass is 79.9. The monoisotopic (exact) mass is 409 g/mol. The van der Waals surface area contributed by atoms with Gasteiger partial charge in [0.15, 0.2) is 0 Å². The molecule has 6 nitrogen and oxygen atoms in total. The fraction of sp³-hybridized carbons (Fsp3) is 0.0625. The topological polar surface area (TPSA) is 79.8 Å². The highest BCUT2D eigenvalue weighted by molar-refractivity contribution is 9.10. The molecule has 2 aromatic carbocycles. The van der Waals surface area contributed by atoms with Crippen LogP contribution in [-0.2, 0) is 9.59 Å². The smallest absolute Gasteiger partial charge is 0.329 e. The Labute approximate surface area is 152 Å². The number of nitrogens with zero attached hydrogens (tertiary/aromatic N) is 1. The molecule has 0 aliphatic carbocycles. The molecule has 0 fully saturated rings. The molecule has 2 amide bonds. The Morgan fingerprint density at radius 3 is 2.67 bits per heavy atom. The lowest BCUT2D eigenvalue weighted by atomic mass is 10.2. The summed E-state index contributed by atoms with van der Waals surface area (Å²) in [6.45, 7) is 0. The van der Waals surface area contributed by atoms with Crippen molar-refractivity contribution in [2.24, 2.45) is 5.10 Å². The van der Waals surface area contributed by atoms with E-state index in [0.717, 1.165) is 10.0 Å². The Kier molecular flexibility index (Phi) is 6.34. The average molecular weight is 411 g/mol. The molecule has 0 aliphatic heterocycles. The van der Waals surface area contributed by atoms with Crippen LogP contribution in [0.2, 0.25) is 5.02 Å². The first-order valence-electron chi connectivity index (χ1n) is 6.73. The van der Waals surface area contributed by atoms with Crippen LogP contribution >= 0.6 is 27.5 Å². The van der Waals surface area contributed by atoms with E-state index in [4.69, 9.17) is 16.3 Å². The van der Waals surface area contributed by atoms with Crippen molar-refractivity contribution >= 4 is 51.2 Å². The van der Waals surface area contributed by atoms with Crippen LogP contribution in [0.1, 0.15) is 5.56 Å². The third kappa shape index (κ3) is 5.07. The first-order chi connectivity index (χ1) is 11.5. The molecule has 0 aliphatic rings. The molecule has 0 spiro atoms. The van der Waals surface area contributed by atoms with E-state index in [0.29, 0.717) is 16.5 Å². The summed E-state index contributed by atoms with van der Waals surface area (Å²) >= 11 is 9.28. The zero-order chi connectivity index (χ0) is 17.5. The number of nitrogens with one attached hydrogen (secondary N) is 2. The molecule has 2 aromatic rings. The zero-order valence-electron chi connectivity index (χ0n) is 12.5. The van der Waals surface area contributed by atoms with Crippen LogP contribution in [0.4, 0.5) is 5.69 Å². The molecule has 2 N–H and O–H groups in total. The van der Waals surface area contributed by atoms with Crippen LogP contribution in [0.15, 0.2) is 52.0 Å². The molecule has 0 saturated heterocycles. The predicted molar refractivity (Wildman–Crippen MR) is 96.5 cm³/mol. The number of benzene rings is 2. The first kappa shape index (κ1) is 18.0. The Morgan fingerprint density at radius 2 is 2.00 bits per heavy atom. The van der Waals surface area contributed by atoms with Gasteiger partial charge in [-0.1, -0.05) is 39.7 Å². The molecule has 0 saturated carbocycles. The lowest BCUT2D eigenvalue weighted by Gasteiger charge is -2.07. The van der Waals surface area contributed by atoms with Crippen LogP contribution in [0.3, 0.4) is 0 Å². The van der Waals surface area contributed by atoms with E-state index in [-0.39, 0.29) is 0 Å². The minimum absolute atomic E-state index is 0.323. The summed E-state index contributed by atoms with van der Waals surface area (Å²) in [6.07, 6.45) is 1.43. The highest BCUT2D eigenvalue weighted by Crippen LogP contribution is 2.27. The van der Waals surface area contributed by atoms with Crippen molar-refractivity contribution in [3.8, 4) is 5.75 Å². The van der Waals surface area contributed by atoms with Crippen LogP contribution in [0.25, 0.3) is 0 Å². The normalized spacial score (nSPS) is 10.5. The number of methoxy groups -OCH3 is 1. The zero-order valence-corrected chi connectivity index (χ0v) is 14.9. The Balaban J connectivity index is 1.92. The van der Waals surface area contributed by atoms with Crippen LogP contribution in [0.5, 0.6) is 5.75 Å². The summed E-state index contributed by atoms with van der Waals surface area (Å²) in [5.41, 5.74) is 3.30. The summed E-state index contributed by atoms with van der Waals surface area (Å²) in [6, 6.07) is 11.9. The first-order valence-corrected chi connectivity index (χ1v) is 7.90. The third-order valence-electron chi connectivity index (χ3n) is 2.84. The number of rotatable bonds is 4. The summed E-state index contributed by atoms with van der Waals surface area (Å²) in [5.74, 6) is -1.28. The maximum Gasteiger partial charge on any atom is 0.329 e. The van der Waals surface area contributed by atoms with Crippen molar-refractivity contribution in [1.29, 1.82) is 0 Å². The lowest BCUT2D eigenvalue weighted by molar-refractivity contribution is -0.136. The van der Waals surface area contributed by atoms with Gasteiger partial charge in [0.1, 0.15) is 5.75 Å². The second kappa shape index (κ2) is 8.47. The Hall–Kier alpha value is -2.38. The number of ether oxygens (including phenoxy) is 1. The fourth-order valence-electron chi connectivity index (χ4n) is 1.74. The molecule has 0 aromatic heterocycles. The third-order valence-corrected chi connectivity index (χ3v) is 3.63. The summed E-state index contributed by atoms with van der Waals surface area (Å²) < 4.78 is 5.89. The number of carbonyl (C=O) groups is 2. The Bertz CT molecular complexity index is 796. The number of amides is 2. The second-order valence-electron chi connectivity index (χ2n) is 4.56. The van der Waals surface area contributed by atoms with Gasteiger partial charge in [0.05, 0.1) is 18.3 Å². The van der Waals surface area contributed by atoms with Gasteiger partial charge >= 0.3 is 11.8 Å². The Morgan fingerprint density at radius 1 is 1.21 bits per heavy atom. The largest absolute Gasteiger partial charge is 0.495 e. The van der Waals surface area contributed by atoms with Gasteiger partial charge in [0, 0.05) is 10.2 Å². The molecule has 0 unspecified atom stereocenters. The van der Waals surface area contributed by atoms with Gasteiger partial charge < -0.3 is 10.1 Å². The van der Waals surface area contributed by atoms with E-state index in [1.54, 1.807) is 18.2 Å². The number of hydrazone groups is 1. The number of hydrogen-bond donors (Lipinski definition) is 2. The minimum atomic E-state index is -0.895. The molecule has 8 heteroatoms. The van der Waals surface area contributed by atoms with Crippen LogP contribution < -0.4 is 15.5 Å². The molecule has 0 heterocycles. The molecule has 0 atom stereocenters. The second-order valence-corrected chi connectivity index (χ2v) is 5.88. The fourth-order valence-corrected chi connectivity index (χ4v) is 2.41. The predicted octanol–water partition coefficient (Wildman–Crippen LogP) is 3.20. The van der Waals surface area contributed by atoms with Crippen molar-refractivity contribution < 1.29 is 14.3 Å². The lowest BCUT2D eigenvalue weighted by Crippen LogP contribution is -2.32. The molecule has 124 valence electrons. The van der Waals surface area contributed by atoms with Crippen molar-refractivity contribution in [2.45, 2.75) is 0 Å². The van der Waals surface area contributed by atoms with Gasteiger partial charge in [-0.3, -0.25) is 9.59 Å². The van der Waals surface area contributed by atoms with Gasteiger partial charge in [-0.25, -0.2) is 5.43 Å². The van der Waals surface area contributed by atoms with Crippen molar-refractivity contribution in [2.75, 3.05) is 12.4 Å². The van der Waals surface area contributed by atoms with Gasteiger partial charge in [-0.05, 0) is 35.9 Å². The van der Waals surface area contributed by atoms with Gasteiger partial charge in [0.25, 0.3) is 0 Å². The number of halogens is 2. The molecule has 0 bridgehead atoms. The van der Waals surface area contributed by atoms with Crippen molar-refractivity contribution in [3.05, 3.63) is 57.5 Å². The summed E-state index contributed by atoms with van der Waals surface area (Å²) in [5, 5.41) is 6.48. The van der Waals surface area contributed by atoms with E-state index >= 15 is 0 Å². The highest BCUT2D eigenvalue weighted by Gasteiger charge is 2.13. The average Bonchev–Trinajstić information content (AvgIpc) is 2.55. The van der Waals surface area contributed by atoms with E-state index in [9.17, 15) is 9.59 Å². The van der Waals surface area contributed by atoms with Gasteiger partial charge in [-0.15, -0.1) is 0 Å². The minimum Gasteiger partial charge on any atom is -0.495 e. The van der Waals surface area contributed by atoms with E-state index in [1.807, 2.05) is 18.2 Å². The maximum atomic E-state index is 11.8. The molecule has 0 radical (unpaired) electrons. The summed E-state index contributed by atoms with van der Waals surface area (Å²) in [7, 11) is 1.48. The standard InChI is InChI=1S/C16H13BrClN3O3/c1-24-14-6-5-12(8-13(14)18)20-15(22)16(23)21-19-9-10-3-2-4-11(17)7-10/h2-9H,1H3,(H,20,22)(H,21,23)/b19-9-. The van der Waals surface area contributed by atoms with Crippen LogP contribution in [0, 0.1) is 0 Å². The van der Waals surface area contributed by atoms with E-state index in [2.05, 4.69) is 31.8 Å². The van der Waals surface area contributed by atoms with E-state index in [1.165, 1.54) is 19.4 Å². The van der Waals surface area contributed by atoms with Gasteiger partial charge in [-0.2, -0.15) is 5.10 Å². The number of carbonyl (C=O) groups excluding carboxylic acids is 2. The maximum absolute atomic E-state index is 11.8.